The first-order valence-corrected chi connectivity index (χ1v) is 7.54. The highest BCUT2D eigenvalue weighted by Gasteiger charge is 2.34. The zero-order chi connectivity index (χ0) is 16.9. The van der Waals surface area contributed by atoms with Crippen molar-refractivity contribution in [1.82, 2.24) is 4.57 Å². The second-order valence-corrected chi connectivity index (χ2v) is 6.95. The molecule has 0 saturated heterocycles. The highest BCUT2D eigenvalue weighted by Crippen LogP contribution is 2.37. The summed E-state index contributed by atoms with van der Waals surface area (Å²) in [7, 11) is 0. The van der Waals surface area contributed by atoms with Gasteiger partial charge in [0.15, 0.2) is 5.78 Å². The number of aromatic nitrogens is 1. The van der Waals surface area contributed by atoms with Gasteiger partial charge in [0.25, 0.3) is 0 Å². The van der Waals surface area contributed by atoms with Crippen LogP contribution in [0.4, 0.5) is 4.39 Å². The number of nitrogens with zero attached hydrogens (tertiary/aromatic N) is 1. The lowest BCUT2D eigenvalue weighted by molar-refractivity contribution is 0.0910. The molecule has 0 spiro atoms. The molecule has 0 saturated carbocycles. The molecule has 23 heavy (non-hydrogen) atoms. The molecule has 0 fully saturated rings. The van der Waals surface area contributed by atoms with Crippen LogP contribution in [0.3, 0.4) is 0 Å². The molecule has 0 atom stereocenters. The van der Waals surface area contributed by atoms with Crippen molar-refractivity contribution >= 4 is 11.7 Å². The molecular weight excluding hydrogens is 295 g/mol. The molecular formula is C18H19FN2O2. The Balaban J connectivity index is 2.19. The fraction of sp³-hybridized carbons (Fsp3) is 0.333. The van der Waals surface area contributed by atoms with Crippen molar-refractivity contribution in [3.63, 3.8) is 0 Å². The van der Waals surface area contributed by atoms with Crippen LogP contribution in [0.2, 0.25) is 0 Å². The number of fused-ring (bicyclic) bond motifs is 1. The molecule has 2 aromatic rings. The first-order valence-electron chi connectivity index (χ1n) is 7.54. The van der Waals surface area contributed by atoms with E-state index in [4.69, 9.17) is 5.73 Å². The topological polar surface area (TPSA) is 65.1 Å². The van der Waals surface area contributed by atoms with Crippen molar-refractivity contribution < 1.29 is 14.0 Å². The lowest BCUT2D eigenvalue weighted by Crippen LogP contribution is -2.28. The molecule has 0 bridgehead atoms. The molecule has 1 amide bonds. The molecule has 1 aromatic heterocycles. The zero-order valence-electron chi connectivity index (χ0n) is 13.4. The number of carbonyl (C=O) groups is 2. The van der Waals surface area contributed by atoms with Gasteiger partial charge in [-0.05, 0) is 43.0 Å². The number of Topliss-reactive ketones (excluding diaryl/α,β-unsaturated/α-hetero) is 1. The number of aryl methyl sites for hydroxylation is 1. The van der Waals surface area contributed by atoms with Gasteiger partial charge in [-0.2, -0.15) is 0 Å². The van der Waals surface area contributed by atoms with E-state index in [-0.39, 0.29) is 16.8 Å². The molecule has 1 aliphatic rings. The third-order valence-corrected chi connectivity index (χ3v) is 4.35. The van der Waals surface area contributed by atoms with E-state index in [2.05, 4.69) is 0 Å². The van der Waals surface area contributed by atoms with Crippen LogP contribution in [-0.2, 0) is 6.42 Å². The molecule has 5 heteroatoms. The van der Waals surface area contributed by atoms with Gasteiger partial charge in [0, 0.05) is 28.9 Å². The van der Waals surface area contributed by atoms with Crippen LogP contribution in [0.15, 0.2) is 24.3 Å². The van der Waals surface area contributed by atoms with Crippen LogP contribution in [0.5, 0.6) is 0 Å². The van der Waals surface area contributed by atoms with Crippen molar-refractivity contribution in [3.05, 3.63) is 52.6 Å². The lowest BCUT2D eigenvalue weighted by Gasteiger charge is -2.30. The maximum absolute atomic E-state index is 14.5. The van der Waals surface area contributed by atoms with Crippen molar-refractivity contribution in [3.8, 4) is 5.69 Å². The van der Waals surface area contributed by atoms with E-state index in [1.807, 2.05) is 26.8 Å². The summed E-state index contributed by atoms with van der Waals surface area (Å²) >= 11 is 0. The Hall–Kier alpha value is -2.43. The van der Waals surface area contributed by atoms with E-state index in [0.29, 0.717) is 24.1 Å². The fourth-order valence-corrected chi connectivity index (χ4v) is 3.33. The quantitative estimate of drug-likeness (QED) is 0.925. The minimum Gasteiger partial charge on any atom is -0.366 e. The van der Waals surface area contributed by atoms with Gasteiger partial charge in [-0.1, -0.05) is 13.8 Å². The van der Waals surface area contributed by atoms with E-state index < -0.39 is 11.7 Å². The summed E-state index contributed by atoms with van der Waals surface area (Å²) in [6, 6.07) is 5.99. The number of rotatable bonds is 2. The smallest absolute Gasteiger partial charge is 0.248 e. The monoisotopic (exact) mass is 314 g/mol. The number of nitrogens with two attached hydrogens (primary N) is 1. The van der Waals surface area contributed by atoms with Gasteiger partial charge in [0.05, 0.1) is 5.69 Å². The normalized spacial score (nSPS) is 16.3. The Bertz CT molecular complexity index is 834. The maximum Gasteiger partial charge on any atom is 0.248 e. The van der Waals surface area contributed by atoms with E-state index in [1.54, 1.807) is 4.57 Å². The summed E-state index contributed by atoms with van der Waals surface area (Å²) in [5.74, 6) is -1.11. The highest BCUT2D eigenvalue weighted by atomic mass is 19.1. The van der Waals surface area contributed by atoms with Crippen LogP contribution in [0.1, 0.15) is 52.4 Å². The number of ketones is 1. The summed E-state index contributed by atoms with van der Waals surface area (Å²) < 4.78 is 16.3. The molecule has 120 valence electrons. The van der Waals surface area contributed by atoms with E-state index in [9.17, 15) is 14.0 Å². The largest absolute Gasteiger partial charge is 0.366 e. The minimum atomic E-state index is -0.669. The molecule has 2 N–H and O–H groups in total. The Morgan fingerprint density at radius 1 is 1.26 bits per heavy atom. The molecule has 1 heterocycles. The summed E-state index contributed by atoms with van der Waals surface area (Å²) in [6.07, 6.45) is 1.19. The average Bonchev–Trinajstić information content (AvgIpc) is 2.74. The van der Waals surface area contributed by atoms with E-state index in [1.165, 1.54) is 12.1 Å². The average molecular weight is 314 g/mol. The number of halogens is 1. The lowest BCUT2D eigenvalue weighted by atomic mass is 9.76. The first kappa shape index (κ1) is 15.5. The molecule has 0 aliphatic heterocycles. The van der Waals surface area contributed by atoms with Crippen LogP contribution in [-0.4, -0.2) is 16.3 Å². The zero-order valence-corrected chi connectivity index (χ0v) is 13.4. The molecule has 4 nitrogen and oxygen atoms in total. The minimum absolute atomic E-state index is 0.0901. The number of carbonyl (C=O) groups excluding carboxylic acids is 2. The SMILES string of the molecule is Cc1cc2c(n1-c1ccc(C(N)=O)cc1F)CC(C)(C)CC2=O. The summed E-state index contributed by atoms with van der Waals surface area (Å²) in [5.41, 5.74) is 7.78. The van der Waals surface area contributed by atoms with Crippen LogP contribution in [0.25, 0.3) is 5.69 Å². The van der Waals surface area contributed by atoms with Crippen molar-refractivity contribution in [2.24, 2.45) is 11.1 Å². The molecule has 1 aliphatic carbocycles. The number of hydrogen-bond acceptors (Lipinski definition) is 2. The van der Waals surface area contributed by atoms with Gasteiger partial charge in [0.2, 0.25) is 5.91 Å². The van der Waals surface area contributed by atoms with Crippen molar-refractivity contribution in [2.45, 2.75) is 33.6 Å². The summed E-state index contributed by atoms with van der Waals surface area (Å²) in [6.45, 7) is 5.92. The van der Waals surface area contributed by atoms with Gasteiger partial charge in [-0.25, -0.2) is 4.39 Å². The van der Waals surface area contributed by atoms with Crippen LogP contribution in [0, 0.1) is 18.2 Å². The Morgan fingerprint density at radius 2 is 1.96 bits per heavy atom. The standard InChI is InChI=1S/C18H19FN2O2/c1-10-6-12-15(8-18(2,3)9-16(12)22)21(10)14-5-4-11(17(20)23)7-13(14)19/h4-7H,8-9H2,1-3H3,(H2,20,23). The van der Waals surface area contributed by atoms with Crippen molar-refractivity contribution in [1.29, 1.82) is 0 Å². The van der Waals surface area contributed by atoms with Gasteiger partial charge in [-0.3, -0.25) is 9.59 Å². The molecule has 3 rings (SSSR count). The van der Waals surface area contributed by atoms with Gasteiger partial charge in [0.1, 0.15) is 5.82 Å². The number of benzene rings is 1. The highest BCUT2D eigenvalue weighted by molar-refractivity contribution is 5.99. The Kier molecular flexibility index (Phi) is 3.39. The second-order valence-electron chi connectivity index (χ2n) is 6.95. The molecule has 0 unspecified atom stereocenters. The van der Waals surface area contributed by atoms with Crippen molar-refractivity contribution in [2.75, 3.05) is 0 Å². The Morgan fingerprint density at radius 3 is 2.57 bits per heavy atom. The number of primary amides is 1. The molecule has 1 aromatic carbocycles. The summed E-state index contributed by atoms with van der Waals surface area (Å²) in [5, 5.41) is 0. The summed E-state index contributed by atoms with van der Waals surface area (Å²) in [4.78, 5) is 23.5. The van der Waals surface area contributed by atoms with E-state index >= 15 is 0 Å². The second kappa shape index (κ2) is 5.05. The van der Waals surface area contributed by atoms with E-state index in [0.717, 1.165) is 17.5 Å². The first-order chi connectivity index (χ1) is 10.7. The van der Waals surface area contributed by atoms with Gasteiger partial charge in [-0.15, -0.1) is 0 Å². The number of amides is 1. The van der Waals surface area contributed by atoms with Crippen LogP contribution >= 0.6 is 0 Å². The predicted octanol–water partition coefficient (Wildman–Crippen LogP) is 3.18. The van der Waals surface area contributed by atoms with Gasteiger partial charge >= 0.3 is 0 Å². The molecule has 0 radical (unpaired) electrons. The van der Waals surface area contributed by atoms with Crippen LogP contribution < -0.4 is 5.73 Å². The Labute approximate surface area is 134 Å². The predicted molar refractivity (Wildman–Crippen MR) is 85.4 cm³/mol. The van der Waals surface area contributed by atoms with Gasteiger partial charge < -0.3 is 10.3 Å². The third-order valence-electron chi connectivity index (χ3n) is 4.35. The number of hydrogen-bond donors (Lipinski definition) is 1. The third kappa shape index (κ3) is 2.56. The fourth-order valence-electron chi connectivity index (χ4n) is 3.33. The maximum atomic E-state index is 14.5.